The molecular formula is C14H8FNO2. The molecule has 3 nitrogen and oxygen atoms in total. The molecule has 0 amide bonds. The van der Waals surface area contributed by atoms with E-state index in [0.29, 0.717) is 11.1 Å². The average Bonchev–Trinajstić information content (AvgIpc) is 2.39. The van der Waals surface area contributed by atoms with Crippen LogP contribution in [0.4, 0.5) is 4.39 Å². The Labute approximate surface area is 103 Å². The predicted octanol–water partition coefficient (Wildman–Crippen LogP) is 3.06. The molecule has 0 heterocycles. The van der Waals surface area contributed by atoms with Gasteiger partial charge in [-0.25, -0.2) is 9.18 Å². The van der Waals surface area contributed by atoms with Crippen molar-refractivity contribution in [2.75, 3.05) is 0 Å². The molecule has 0 fully saturated rings. The van der Waals surface area contributed by atoms with Crippen LogP contribution in [-0.2, 0) is 0 Å². The summed E-state index contributed by atoms with van der Waals surface area (Å²) >= 11 is 0. The molecular weight excluding hydrogens is 233 g/mol. The van der Waals surface area contributed by atoms with Gasteiger partial charge in [-0.3, -0.25) is 0 Å². The average molecular weight is 241 g/mol. The van der Waals surface area contributed by atoms with Crippen molar-refractivity contribution in [2.45, 2.75) is 0 Å². The summed E-state index contributed by atoms with van der Waals surface area (Å²) in [6.45, 7) is 0. The Balaban J connectivity index is 2.52. The van der Waals surface area contributed by atoms with Gasteiger partial charge in [-0.15, -0.1) is 0 Å². The molecule has 0 unspecified atom stereocenters. The van der Waals surface area contributed by atoms with Crippen molar-refractivity contribution >= 4 is 5.97 Å². The molecule has 0 aliphatic rings. The molecule has 0 bridgehead atoms. The van der Waals surface area contributed by atoms with Crippen LogP contribution in [0.25, 0.3) is 11.1 Å². The smallest absolute Gasteiger partial charge is 0.335 e. The molecule has 1 N–H and O–H groups in total. The van der Waals surface area contributed by atoms with Crippen molar-refractivity contribution in [1.29, 1.82) is 5.26 Å². The first kappa shape index (κ1) is 11.8. The number of nitriles is 1. The van der Waals surface area contributed by atoms with Crippen LogP contribution in [-0.4, -0.2) is 11.1 Å². The first-order valence-electron chi connectivity index (χ1n) is 5.15. The van der Waals surface area contributed by atoms with E-state index in [2.05, 4.69) is 0 Å². The normalized spacial score (nSPS) is 9.78. The number of rotatable bonds is 2. The minimum Gasteiger partial charge on any atom is -0.478 e. The number of carboxylic acids is 1. The third-order valence-electron chi connectivity index (χ3n) is 2.54. The van der Waals surface area contributed by atoms with E-state index in [1.807, 2.05) is 6.07 Å². The molecule has 0 aliphatic carbocycles. The van der Waals surface area contributed by atoms with Crippen LogP contribution < -0.4 is 0 Å². The van der Waals surface area contributed by atoms with Crippen LogP contribution in [0.1, 0.15) is 15.9 Å². The first-order valence-corrected chi connectivity index (χ1v) is 5.15. The van der Waals surface area contributed by atoms with Crippen LogP contribution in [0.2, 0.25) is 0 Å². The van der Waals surface area contributed by atoms with E-state index in [-0.39, 0.29) is 11.1 Å². The van der Waals surface area contributed by atoms with E-state index in [1.54, 1.807) is 24.3 Å². The zero-order valence-corrected chi connectivity index (χ0v) is 9.22. The van der Waals surface area contributed by atoms with Crippen molar-refractivity contribution in [2.24, 2.45) is 0 Å². The second-order valence-electron chi connectivity index (χ2n) is 3.69. The fraction of sp³-hybridized carbons (Fsp3) is 0. The van der Waals surface area contributed by atoms with E-state index >= 15 is 0 Å². The Morgan fingerprint density at radius 3 is 2.39 bits per heavy atom. The van der Waals surface area contributed by atoms with Crippen LogP contribution >= 0.6 is 0 Å². The third kappa shape index (κ3) is 2.20. The van der Waals surface area contributed by atoms with Crippen molar-refractivity contribution in [3.63, 3.8) is 0 Å². The van der Waals surface area contributed by atoms with Gasteiger partial charge >= 0.3 is 5.97 Å². The second kappa shape index (κ2) is 4.68. The highest BCUT2D eigenvalue weighted by Crippen LogP contribution is 2.24. The van der Waals surface area contributed by atoms with Gasteiger partial charge in [0, 0.05) is 5.56 Å². The topological polar surface area (TPSA) is 61.1 Å². The standard InChI is InChI=1S/C14H8FNO2/c15-13-6-5-11(14(17)18)7-12(13)10-3-1-9(8-16)2-4-10/h1-7H,(H,17,18). The molecule has 0 atom stereocenters. The number of hydrogen-bond donors (Lipinski definition) is 1. The Morgan fingerprint density at radius 1 is 1.17 bits per heavy atom. The molecule has 0 saturated heterocycles. The van der Waals surface area contributed by atoms with Crippen LogP contribution in [0.5, 0.6) is 0 Å². The minimum atomic E-state index is -1.11. The number of hydrogen-bond acceptors (Lipinski definition) is 2. The number of nitrogens with zero attached hydrogens (tertiary/aromatic N) is 1. The summed E-state index contributed by atoms with van der Waals surface area (Å²) in [4.78, 5) is 10.8. The summed E-state index contributed by atoms with van der Waals surface area (Å²) in [5.74, 6) is -1.60. The number of benzene rings is 2. The lowest BCUT2D eigenvalue weighted by Gasteiger charge is -2.05. The fourth-order valence-corrected chi connectivity index (χ4v) is 1.60. The molecule has 4 heteroatoms. The molecule has 2 aromatic rings. The van der Waals surface area contributed by atoms with Crippen molar-refractivity contribution in [3.05, 3.63) is 59.4 Å². The predicted molar refractivity (Wildman–Crippen MR) is 63.5 cm³/mol. The summed E-state index contributed by atoms with van der Waals surface area (Å²) in [5, 5.41) is 17.5. The summed E-state index contributed by atoms with van der Waals surface area (Å²) in [6, 6.07) is 11.9. The van der Waals surface area contributed by atoms with Gasteiger partial charge < -0.3 is 5.11 Å². The molecule has 0 aliphatic heterocycles. The fourth-order valence-electron chi connectivity index (χ4n) is 1.60. The summed E-state index contributed by atoms with van der Waals surface area (Å²) in [6.07, 6.45) is 0. The van der Waals surface area contributed by atoms with E-state index in [9.17, 15) is 9.18 Å². The summed E-state index contributed by atoms with van der Waals surface area (Å²) in [7, 11) is 0. The van der Waals surface area contributed by atoms with E-state index < -0.39 is 11.8 Å². The van der Waals surface area contributed by atoms with Gasteiger partial charge in [0.05, 0.1) is 17.2 Å². The van der Waals surface area contributed by atoms with Crippen LogP contribution in [0, 0.1) is 17.1 Å². The molecule has 18 heavy (non-hydrogen) atoms. The summed E-state index contributed by atoms with van der Waals surface area (Å²) in [5.41, 5.74) is 1.23. The van der Waals surface area contributed by atoms with Gasteiger partial charge in [-0.1, -0.05) is 12.1 Å². The van der Waals surface area contributed by atoms with Crippen LogP contribution in [0.15, 0.2) is 42.5 Å². The monoisotopic (exact) mass is 241 g/mol. The number of aromatic carboxylic acids is 1. The zero-order chi connectivity index (χ0) is 13.1. The largest absolute Gasteiger partial charge is 0.478 e. The van der Waals surface area contributed by atoms with Gasteiger partial charge in [0.2, 0.25) is 0 Å². The van der Waals surface area contributed by atoms with E-state index in [1.165, 1.54) is 12.1 Å². The van der Waals surface area contributed by atoms with Crippen molar-refractivity contribution in [3.8, 4) is 17.2 Å². The van der Waals surface area contributed by atoms with Gasteiger partial charge in [0.25, 0.3) is 0 Å². The van der Waals surface area contributed by atoms with Gasteiger partial charge in [-0.2, -0.15) is 5.26 Å². The van der Waals surface area contributed by atoms with E-state index in [4.69, 9.17) is 10.4 Å². The van der Waals surface area contributed by atoms with Gasteiger partial charge in [0.1, 0.15) is 5.82 Å². The Morgan fingerprint density at radius 2 is 1.83 bits per heavy atom. The Bertz CT molecular complexity index is 642. The molecule has 0 saturated carbocycles. The highest BCUT2D eigenvalue weighted by Gasteiger charge is 2.10. The van der Waals surface area contributed by atoms with Gasteiger partial charge in [0.15, 0.2) is 0 Å². The molecule has 0 spiro atoms. The van der Waals surface area contributed by atoms with E-state index in [0.717, 1.165) is 6.07 Å². The molecule has 2 rings (SSSR count). The highest BCUT2D eigenvalue weighted by atomic mass is 19.1. The Kier molecular flexibility index (Phi) is 3.07. The minimum absolute atomic E-state index is 0.0239. The van der Waals surface area contributed by atoms with Gasteiger partial charge in [-0.05, 0) is 35.9 Å². The molecule has 0 aromatic heterocycles. The lowest BCUT2D eigenvalue weighted by molar-refractivity contribution is 0.0697. The van der Waals surface area contributed by atoms with Crippen molar-refractivity contribution < 1.29 is 14.3 Å². The zero-order valence-electron chi connectivity index (χ0n) is 9.22. The number of carboxylic acid groups (broad SMARTS) is 1. The van der Waals surface area contributed by atoms with Crippen molar-refractivity contribution in [1.82, 2.24) is 0 Å². The maximum atomic E-state index is 13.6. The maximum Gasteiger partial charge on any atom is 0.335 e. The van der Waals surface area contributed by atoms with Crippen LogP contribution in [0.3, 0.4) is 0 Å². The summed E-state index contributed by atoms with van der Waals surface area (Å²) < 4.78 is 13.6. The molecule has 0 radical (unpaired) electrons. The Hall–Kier alpha value is -2.67. The number of carbonyl (C=O) groups is 1. The first-order chi connectivity index (χ1) is 8.61. The quantitative estimate of drug-likeness (QED) is 0.878. The lowest BCUT2D eigenvalue weighted by Crippen LogP contribution is -1.97. The SMILES string of the molecule is N#Cc1ccc(-c2cc(C(=O)O)ccc2F)cc1. The third-order valence-corrected chi connectivity index (χ3v) is 2.54. The second-order valence-corrected chi connectivity index (χ2v) is 3.69. The molecule has 88 valence electrons. The lowest BCUT2D eigenvalue weighted by atomic mass is 10.0. The number of halogens is 1. The highest BCUT2D eigenvalue weighted by molar-refractivity contribution is 5.89. The maximum absolute atomic E-state index is 13.6. The molecule has 2 aromatic carbocycles.